The summed E-state index contributed by atoms with van der Waals surface area (Å²) in [5.74, 6) is 3.39. The van der Waals surface area contributed by atoms with Crippen LogP contribution in [-0.4, -0.2) is 13.2 Å². The van der Waals surface area contributed by atoms with Crippen molar-refractivity contribution in [3.63, 3.8) is 0 Å². The van der Waals surface area contributed by atoms with Crippen molar-refractivity contribution >= 4 is 11.6 Å². The normalized spacial score (nSPS) is 10.7. The van der Waals surface area contributed by atoms with E-state index in [1.807, 2.05) is 55.5 Å². The topological polar surface area (TPSA) is 27.7 Å². The van der Waals surface area contributed by atoms with Gasteiger partial charge in [-0.2, -0.15) is 0 Å². The Morgan fingerprint density at radius 3 is 2.33 bits per heavy atom. The largest absolute Gasteiger partial charge is 0.493 e. The van der Waals surface area contributed by atoms with Crippen LogP contribution in [0.5, 0.6) is 23.0 Å². The Kier molecular flexibility index (Phi) is 8.04. The van der Waals surface area contributed by atoms with E-state index in [9.17, 15) is 0 Å². The third kappa shape index (κ3) is 6.43. The highest BCUT2D eigenvalue weighted by atomic mass is 35.5. The first-order chi connectivity index (χ1) is 14.5. The van der Waals surface area contributed by atoms with Gasteiger partial charge in [-0.25, -0.2) is 0 Å². The van der Waals surface area contributed by atoms with Crippen LogP contribution in [0.3, 0.4) is 0 Å². The van der Waals surface area contributed by atoms with Gasteiger partial charge in [-0.05, 0) is 85.5 Å². The molecule has 0 saturated carbocycles. The van der Waals surface area contributed by atoms with Crippen molar-refractivity contribution in [1.29, 1.82) is 0 Å². The zero-order valence-corrected chi connectivity index (χ0v) is 18.7. The second-order valence-electron chi connectivity index (χ2n) is 7.40. The van der Waals surface area contributed by atoms with Crippen LogP contribution in [0.1, 0.15) is 36.5 Å². The first kappa shape index (κ1) is 22.0. The van der Waals surface area contributed by atoms with Crippen molar-refractivity contribution in [2.45, 2.75) is 40.0 Å². The van der Waals surface area contributed by atoms with Crippen LogP contribution in [0.25, 0.3) is 0 Å². The van der Waals surface area contributed by atoms with E-state index < -0.39 is 0 Å². The summed E-state index contributed by atoms with van der Waals surface area (Å²) in [5.41, 5.74) is 3.35. The average Bonchev–Trinajstić information content (AvgIpc) is 2.72. The molecule has 3 aromatic carbocycles. The number of rotatable bonds is 10. The molecule has 0 saturated heterocycles. The fraction of sp³-hybridized carbons (Fsp3) is 0.308. The first-order valence-electron chi connectivity index (χ1n) is 10.4. The Morgan fingerprint density at radius 1 is 0.800 bits per heavy atom. The Bertz CT molecular complexity index is 968. The van der Waals surface area contributed by atoms with Crippen LogP contribution in [0, 0.1) is 13.8 Å². The van der Waals surface area contributed by atoms with E-state index in [1.54, 1.807) is 0 Å². The van der Waals surface area contributed by atoms with Crippen molar-refractivity contribution in [1.82, 2.24) is 0 Å². The van der Waals surface area contributed by atoms with Crippen LogP contribution in [-0.2, 0) is 6.42 Å². The third-order valence-corrected chi connectivity index (χ3v) is 5.14. The molecule has 4 heteroatoms. The zero-order valence-electron chi connectivity index (χ0n) is 17.9. The van der Waals surface area contributed by atoms with Gasteiger partial charge in [-0.3, -0.25) is 0 Å². The quantitative estimate of drug-likeness (QED) is 0.314. The molecular weight excluding hydrogens is 396 g/mol. The molecular formula is C26H29ClO3. The fourth-order valence-corrected chi connectivity index (χ4v) is 3.30. The molecule has 0 aliphatic carbocycles. The van der Waals surface area contributed by atoms with Crippen molar-refractivity contribution < 1.29 is 14.2 Å². The van der Waals surface area contributed by atoms with Crippen molar-refractivity contribution in [2.24, 2.45) is 0 Å². The standard InChI is InChI=1S/C26H29ClO3/c1-4-7-21-18-24(30-23-10-12-25(27)20(3)17-23)11-13-26(21)29-15-6-14-28-22-9-5-8-19(2)16-22/h5,8-13,16-18H,4,6-7,14-15H2,1-3H3. The molecule has 0 spiro atoms. The summed E-state index contributed by atoms with van der Waals surface area (Å²) in [4.78, 5) is 0. The van der Waals surface area contributed by atoms with Gasteiger partial charge in [0.1, 0.15) is 23.0 Å². The lowest BCUT2D eigenvalue weighted by Crippen LogP contribution is -2.06. The first-order valence-corrected chi connectivity index (χ1v) is 10.8. The zero-order chi connectivity index (χ0) is 21.3. The van der Waals surface area contributed by atoms with E-state index in [4.69, 9.17) is 25.8 Å². The molecule has 0 atom stereocenters. The van der Waals surface area contributed by atoms with Gasteiger partial charge < -0.3 is 14.2 Å². The molecule has 0 heterocycles. The van der Waals surface area contributed by atoms with Crippen LogP contribution in [0.15, 0.2) is 60.7 Å². The van der Waals surface area contributed by atoms with Gasteiger partial charge >= 0.3 is 0 Å². The summed E-state index contributed by atoms with van der Waals surface area (Å²) in [7, 11) is 0. The SMILES string of the molecule is CCCc1cc(Oc2ccc(Cl)c(C)c2)ccc1OCCCOc1cccc(C)c1. The molecule has 0 N–H and O–H groups in total. The maximum Gasteiger partial charge on any atom is 0.127 e. The molecule has 0 fully saturated rings. The molecule has 0 radical (unpaired) electrons. The van der Waals surface area contributed by atoms with Crippen LogP contribution < -0.4 is 14.2 Å². The van der Waals surface area contributed by atoms with E-state index in [0.717, 1.165) is 58.4 Å². The molecule has 30 heavy (non-hydrogen) atoms. The molecule has 0 aromatic heterocycles. The summed E-state index contributed by atoms with van der Waals surface area (Å²) >= 11 is 6.10. The molecule has 3 aromatic rings. The van der Waals surface area contributed by atoms with Crippen LogP contribution >= 0.6 is 11.6 Å². The Balaban J connectivity index is 1.55. The van der Waals surface area contributed by atoms with E-state index in [0.29, 0.717) is 13.2 Å². The highest BCUT2D eigenvalue weighted by Crippen LogP contribution is 2.30. The highest BCUT2D eigenvalue weighted by molar-refractivity contribution is 6.31. The maximum absolute atomic E-state index is 6.10. The summed E-state index contributed by atoms with van der Waals surface area (Å²) in [6.07, 6.45) is 2.80. The van der Waals surface area contributed by atoms with E-state index >= 15 is 0 Å². The minimum atomic E-state index is 0.610. The summed E-state index contributed by atoms with van der Waals surface area (Å²) in [6.45, 7) is 7.43. The summed E-state index contributed by atoms with van der Waals surface area (Å²) in [5, 5.41) is 0.740. The smallest absolute Gasteiger partial charge is 0.127 e. The molecule has 158 valence electrons. The highest BCUT2D eigenvalue weighted by Gasteiger charge is 2.08. The number of ether oxygens (including phenoxy) is 3. The van der Waals surface area contributed by atoms with E-state index in [1.165, 1.54) is 5.56 Å². The Morgan fingerprint density at radius 2 is 1.57 bits per heavy atom. The van der Waals surface area contributed by atoms with Crippen LogP contribution in [0.4, 0.5) is 0 Å². The lowest BCUT2D eigenvalue weighted by molar-refractivity contribution is 0.246. The van der Waals surface area contributed by atoms with E-state index in [2.05, 4.69) is 26.0 Å². The van der Waals surface area contributed by atoms with Gasteiger partial charge in [-0.1, -0.05) is 37.1 Å². The predicted octanol–water partition coefficient (Wildman–Crippen LogP) is 7.55. The average molecular weight is 425 g/mol. The third-order valence-electron chi connectivity index (χ3n) is 4.72. The molecule has 0 amide bonds. The second kappa shape index (κ2) is 10.9. The number of benzene rings is 3. The van der Waals surface area contributed by atoms with Gasteiger partial charge in [0, 0.05) is 11.4 Å². The summed E-state index contributed by atoms with van der Waals surface area (Å²) < 4.78 is 17.9. The minimum absolute atomic E-state index is 0.610. The lowest BCUT2D eigenvalue weighted by Gasteiger charge is -2.14. The molecule has 3 rings (SSSR count). The molecule has 0 aliphatic rings. The number of aryl methyl sites for hydroxylation is 3. The minimum Gasteiger partial charge on any atom is -0.493 e. The van der Waals surface area contributed by atoms with Crippen molar-refractivity contribution in [3.8, 4) is 23.0 Å². The molecule has 0 aliphatic heterocycles. The molecule has 0 unspecified atom stereocenters. The Hall–Kier alpha value is -2.65. The van der Waals surface area contributed by atoms with Crippen molar-refractivity contribution in [3.05, 3.63) is 82.4 Å². The van der Waals surface area contributed by atoms with Crippen LogP contribution in [0.2, 0.25) is 5.02 Å². The lowest BCUT2D eigenvalue weighted by atomic mass is 10.1. The maximum atomic E-state index is 6.10. The van der Waals surface area contributed by atoms with Gasteiger partial charge in [0.25, 0.3) is 0 Å². The fourth-order valence-electron chi connectivity index (χ4n) is 3.18. The molecule has 0 bridgehead atoms. The van der Waals surface area contributed by atoms with Gasteiger partial charge in [-0.15, -0.1) is 0 Å². The van der Waals surface area contributed by atoms with Gasteiger partial charge in [0.2, 0.25) is 0 Å². The number of hydrogen-bond acceptors (Lipinski definition) is 3. The van der Waals surface area contributed by atoms with E-state index in [-0.39, 0.29) is 0 Å². The monoisotopic (exact) mass is 424 g/mol. The van der Waals surface area contributed by atoms with Crippen molar-refractivity contribution in [2.75, 3.05) is 13.2 Å². The second-order valence-corrected chi connectivity index (χ2v) is 7.81. The Labute approximate surface area is 184 Å². The predicted molar refractivity (Wildman–Crippen MR) is 123 cm³/mol. The summed E-state index contributed by atoms with van der Waals surface area (Å²) in [6, 6.07) is 19.8. The molecule has 3 nitrogen and oxygen atoms in total. The van der Waals surface area contributed by atoms with Gasteiger partial charge in [0.15, 0.2) is 0 Å². The van der Waals surface area contributed by atoms with Gasteiger partial charge in [0.05, 0.1) is 13.2 Å². The number of hydrogen-bond donors (Lipinski definition) is 0. The number of halogens is 1.